The number of carbonyl (C=O) groups is 1. The van der Waals surface area contributed by atoms with E-state index in [2.05, 4.69) is 4.98 Å². The van der Waals surface area contributed by atoms with Crippen molar-refractivity contribution in [3.63, 3.8) is 0 Å². The first-order valence-electron chi connectivity index (χ1n) is 12.0. The average molecular weight is 555 g/mol. The van der Waals surface area contributed by atoms with E-state index in [1.165, 1.54) is 12.1 Å². The van der Waals surface area contributed by atoms with Gasteiger partial charge in [0.1, 0.15) is 18.0 Å². The monoisotopic (exact) mass is 554 g/mol. The van der Waals surface area contributed by atoms with Crippen molar-refractivity contribution in [2.75, 3.05) is 18.8 Å². The lowest BCUT2D eigenvalue weighted by Crippen LogP contribution is -2.40. The van der Waals surface area contributed by atoms with Crippen LogP contribution in [0.15, 0.2) is 65.4 Å². The van der Waals surface area contributed by atoms with Crippen LogP contribution in [0.1, 0.15) is 42.2 Å². The van der Waals surface area contributed by atoms with E-state index in [9.17, 15) is 9.18 Å². The molecule has 5 rings (SSSR count). The molecule has 1 aliphatic heterocycles. The molecule has 38 heavy (non-hydrogen) atoms. The van der Waals surface area contributed by atoms with Gasteiger partial charge in [-0.2, -0.15) is 0 Å². The van der Waals surface area contributed by atoms with Crippen LogP contribution in [0.2, 0.25) is 10.0 Å². The van der Waals surface area contributed by atoms with Gasteiger partial charge in [0.15, 0.2) is 11.4 Å². The summed E-state index contributed by atoms with van der Waals surface area (Å²) in [6.07, 6.45) is 5.08. The summed E-state index contributed by atoms with van der Waals surface area (Å²) in [5.41, 5.74) is 15.6. The molecule has 2 aromatic heterocycles. The van der Waals surface area contributed by atoms with Crippen molar-refractivity contribution in [3.8, 4) is 5.75 Å². The molecular formula is C28H25Cl2FN4O3. The normalized spacial score (nSPS) is 15.3. The number of pyridine rings is 1. The SMILES string of the molecule is CC(Oc1c(N)ncc2c(C3=CCN(C(=O)C(N)c4ccccc4)CC3)coc12)c1c(Cl)ccc(F)c1Cl. The Labute approximate surface area is 228 Å². The third kappa shape index (κ3) is 4.82. The van der Waals surface area contributed by atoms with Gasteiger partial charge in [-0.3, -0.25) is 4.79 Å². The fourth-order valence-corrected chi connectivity index (χ4v) is 5.29. The standard InChI is InChI=1S/C28H25Cl2FN4O3/c1-15(22-20(29)7-8-21(31)23(22)30)38-26-25-18(13-34-27(26)33)19(14-37-25)16-9-11-35(12-10-16)28(36)24(32)17-5-3-2-4-6-17/h2-9,13-15,24H,10-12,32H2,1H3,(H2,33,34). The quantitative estimate of drug-likeness (QED) is 0.270. The number of halogens is 3. The van der Waals surface area contributed by atoms with Gasteiger partial charge < -0.3 is 25.5 Å². The fourth-order valence-electron chi connectivity index (χ4n) is 4.61. The number of amides is 1. The lowest BCUT2D eigenvalue weighted by molar-refractivity contribution is -0.132. The van der Waals surface area contributed by atoms with Crippen LogP contribution in [0, 0.1) is 5.82 Å². The highest BCUT2D eigenvalue weighted by Crippen LogP contribution is 2.41. The molecule has 10 heteroatoms. The van der Waals surface area contributed by atoms with Crippen LogP contribution in [0.25, 0.3) is 16.5 Å². The van der Waals surface area contributed by atoms with Gasteiger partial charge in [0.2, 0.25) is 11.7 Å². The Morgan fingerprint density at radius 3 is 2.68 bits per heavy atom. The molecule has 2 atom stereocenters. The molecule has 1 aliphatic rings. The third-order valence-electron chi connectivity index (χ3n) is 6.67. The summed E-state index contributed by atoms with van der Waals surface area (Å²) in [4.78, 5) is 19.0. The summed E-state index contributed by atoms with van der Waals surface area (Å²) in [5, 5.41) is 0.841. The van der Waals surface area contributed by atoms with Crippen molar-refractivity contribution >= 4 is 51.5 Å². The lowest BCUT2D eigenvalue weighted by atomic mass is 9.98. The van der Waals surface area contributed by atoms with Crippen LogP contribution < -0.4 is 16.2 Å². The number of rotatable bonds is 6. The first kappa shape index (κ1) is 26.0. The van der Waals surface area contributed by atoms with Crippen LogP contribution in [0.4, 0.5) is 10.2 Å². The minimum absolute atomic E-state index is 0.109. The Balaban J connectivity index is 1.38. The van der Waals surface area contributed by atoms with Crippen LogP contribution in [0.3, 0.4) is 0 Å². The van der Waals surface area contributed by atoms with E-state index in [-0.39, 0.29) is 27.5 Å². The van der Waals surface area contributed by atoms with Crippen LogP contribution >= 0.6 is 23.2 Å². The summed E-state index contributed by atoms with van der Waals surface area (Å²) in [6.45, 7) is 2.61. The smallest absolute Gasteiger partial charge is 0.244 e. The minimum atomic E-state index is -0.740. The van der Waals surface area contributed by atoms with Gasteiger partial charge in [-0.15, -0.1) is 0 Å². The zero-order chi connectivity index (χ0) is 27.0. The molecule has 3 heterocycles. The summed E-state index contributed by atoms with van der Waals surface area (Å²) in [6, 6.07) is 11.2. The summed E-state index contributed by atoms with van der Waals surface area (Å²) in [5.74, 6) is -0.414. The highest BCUT2D eigenvalue weighted by molar-refractivity contribution is 6.36. The molecule has 0 fully saturated rings. The van der Waals surface area contributed by atoms with Crippen LogP contribution in [-0.4, -0.2) is 28.9 Å². The minimum Gasteiger partial charge on any atom is -0.478 e. The Morgan fingerprint density at radius 1 is 1.21 bits per heavy atom. The number of benzene rings is 2. The fraction of sp³-hybridized carbons (Fsp3) is 0.214. The highest BCUT2D eigenvalue weighted by Gasteiger charge is 2.27. The predicted molar refractivity (Wildman–Crippen MR) is 146 cm³/mol. The van der Waals surface area contributed by atoms with Gasteiger partial charge in [-0.25, -0.2) is 9.37 Å². The van der Waals surface area contributed by atoms with E-state index in [1.54, 1.807) is 24.3 Å². The predicted octanol–water partition coefficient (Wildman–Crippen LogP) is 6.31. The Bertz CT molecular complexity index is 1540. The second kappa shape index (κ2) is 10.6. The molecule has 0 bridgehead atoms. The summed E-state index contributed by atoms with van der Waals surface area (Å²) < 4.78 is 26.0. The number of nitrogen functional groups attached to an aromatic ring is 1. The molecule has 0 radical (unpaired) electrons. The highest BCUT2D eigenvalue weighted by atomic mass is 35.5. The topological polar surface area (TPSA) is 108 Å². The molecule has 0 spiro atoms. The zero-order valence-corrected chi connectivity index (χ0v) is 22.0. The second-order valence-corrected chi connectivity index (χ2v) is 9.82. The maximum Gasteiger partial charge on any atom is 0.244 e. The number of aromatic nitrogens is 1. The maximum atomic E-state index is 14.1. The maximum absolute atomic E-state index is 14.1. The van der Waals surface area contributed by atoms with E-state index < -0.39 is 18.0 Å². The average Bonchev–Trinajstić information content (AvgIpc) is 3.37. The van der Waals surface area contributed by atoms with Crippen molar-refractivity contribution < 1.29 is 18.3 Å². The molecule has 0 aliphatic carbocycles. The molecule has 4 aromatic rings. The van der Waals surface area contributed by atoms with Crippen molar-refractivity contribution in [1.82, 2.24) is 9.88 Å². The molecular weight excluding hydrogens is 530 g/mol. The van der Waals surface area contributed by atoms with Crippen molar-refractivity contribution in [1.29, 1.82) is 0 Å². The second-order valence-electron chi connectivity index (χ2n) is 9.03. The summed E-state index contributed by atoms with van der Waals surface area (Å²) in [7, 11) is 0. The Kier molecular flexibility index (Phi) is 7.29. The van der Waals surface area contributed by atoms with Gasteiger partial charge >= 0.3 is 0 Å². The lowest BCUT2D eigenvalue weighted by Gasteiger charge is -2.28. The number of anilines is 1. The van der Waals surface area contributed by atoms with E-state index in [1.807, 2.05) is 36.4 Å². The van der Waals surface area contributed by atoms with Gasteiger partial charge in [0.05, 0.1) is 16.7 Å². The first-order valence-corrected chi connectivity index (χ1v) is 12.8. The number of ether oxygens (including phenoxy) is 1. The summed E-state index contributed by atoms with van der Waals surface area (Å²) >= 11 is 12.4. The van der Waals surface area contributed by atoms with E-state index in [4.69, 9.17) is 43.8 Å². The zero-order valence-electron chi connectivity index (χ0n) is 20.5. The number of nitrogens with two attached hydrogens (primary N) is 2. The van der Waals surface area contributed by atoms with E-state index in [0.29, 0.717) is 36.0 Å². The van der Waals surface area contributed by atoms with E-state index in [0.717, 1.165) is 16.7 Å². The van der Waals surface area contributed by atoms with Crippen LogP contribution in [-0.2, 0) is 4.79 Å². The van der Waals surface area contributed by atoms with Gasteiger partial charge in [0, 0.05) is 35.4 Å². The largest absolute Gasteiger partial charge is 0.478 e. The van der Waals surface area contributed by atoms with Gasteiger partial charge in [-0.05, 0) is 36.6 Å². The van der Waals surface area contributed by atoms with Gasteiger partial charge in [-0.1, -0.05) is 59.6 Å². The Hall–Kier alpha value is -3.59. The van der Waals surface area contributed by atoms with Crippen molar-refractivity contribution in [2.45, 2.75) is 25.5 Å². The van der Waals surface area contributed by atoms with E-state index >= 15 is 0 Å². The molecule has 0 saturated carbocycles. The number of hydrogen-bond acceptors (Lipinski definition) is 6. The van der Waals surface area contributed by atoms with Crippen molar-refractivity contribution in [2.24, 2.45) is 5.73 Å². The van der Waals surface area contributed by atoms with Crippen molar-refractivity contribution in [3.05, 3.63) is 93.6 Å². The molecule has 196 valence electrons. The molecule has 0 saturated heterocycles. The van der Waals surface area contributed by atoms with Gasteiger partial charge in [0.25, 0.3) is 0 Å². The molecule has 7 nitrogen and oxygen atoms in total. The molecule has 2 aromatic carbocycles. The van der Waals surface area contributed by atoms with Crippen LogP contribution in [0.5, 0.6) is 5.75 Å². The third-order valence-corrected chi connectivity index (χ3v) is 7.39. The molecule has 4 N–H and O–H groups in total. The number of fused-ring (bicyclic) bond motifs is 1. The number of nitrogens with zero attached hydrogens (tertiary/aromatic N) is 2. The molecule has 1 amide bonds. The number of furan rings is 1. The number of carbonyl (C=O) groups excluding carboxylic acids is 1. The molecule has 2 unspecified atom stereocenters. The number of hydrogen-bond donors (Lipinski definition) is 2. The first-order chi connectivity index (χ1) is 18.3. The Morgan fingerprint density at radius 2 is 1.97 bits per heavy atom.